The number of hydrogen-bond donors (Lipinski definition) is 1. The number of ether oxygens (including phenoxy) is 2. The third-order valence-electron chi connectivity index (χ3n) is 7.73. The van der Waals surface area contributed by atoms with Crippen molar-refractivity contribution in [3.8, 4) is 0 Å². The predicted molar refractivity (Wildman–Crippen MR) is 107 cm³/mol. The smallest absolute Gasteiger partial charge is 0.424 e. The summed E-state index contributed by atoms with van der Waals surface area (Å²) in [4.78, 5) is 12.5. The second kappa shape index (κ2) is 8.64. The van der Waals surface area contributed by atoms with Crippen molar-refractivity contribution >= 4 is 5.97 Å². The van der Waals surface area contributed by atoms with Crippen LogP contribution in [0.15, 0.2) is 12.2 Å². The summed E-state index contributed by atoms with van der Waals surface area (Å²) in [6, 6.07) is 0. The number of halogens is 7. The molecule has 1 heterocycles. The Morgan fingerprint density at radius 3 is 1.76 bits per heavy atom. The van der Waals surface area contributed by atoms with Crippen LogP contribution >= 0.6 is 0 Å². The van der Waals surface area contributed by atoms with Crippen LogP contribution in [-0.2, 0) is 14.3 Å². The Hall–Kier alpha value is -1.36. The number of rotatable bonds is 4. The fourth-order valence-corrected chi connectivity index (χ4v) is 6.04. The van der Waals surface area contributed by atoms with Gasteiger partial charge in [-0.3, -0.25) is 0 Å². The lowest BCUT2D eigenvalue weighted by atomic mass is 9.58. The van der Waals surface area contributed by atoms with Crippen molar-refractivity contribution in [1.29, 1.82) is 0 Å². The average Bonchev–Trinajstić information content (AvgIpc) is 2.74. The Bertz CT molecular complexity index is 798. The molecule has 0 aromatic carbocycles. The van der Waals surface area contributed by atoms with E-state index in [2.05, 4.69) is 11.3 Å². The molecule has 4 nitrogen and oxygen atoms in total. The Kier molecular flexibility index (Phi) is 6.92. The van der Waals surface area contributed by atoms with Crippen molar-refractivity contribution in [2.45, 2.75) is 113 Å². The van der Waals surface area contributed by atoms with Crippen molar-refractivity contribution in [2.24, 2.45) is 11.8 Å². The maximum atomic E-state index is 16.6. The van der Waals surface area contributed by atoms with Gasteiger partial charge in [-0.15, -0.1) is 0 Å². The maximum absolute atomic E-state index is 16.6. The highest BCUT2D eigenvalue weighted by atomic mass is 19.4. The van der Waals surface area contributed by atoms with Gasteiger partial charge >= 0.3 is 24.0 Å². The Morgan fingerprint density at radius 2 is 1.35 bits per heavy atom. The van der Waals surface area contributed by atoms with Crippen LogP contribution in [0.3, 0.4) is 0 Å². The molecule has 2 aliphatic carbocycles. The molecule has 3 rings (SSSR count). The molecule has 3 aliphatic rings. The molecule has 196 valence electrons. The zero-order valence-electron chi connectivity index (χ0n) is 19.3. The van der Waals surface area contributed by atoms with E-state index in [9.17, 15) is 23.1 Å². The van der Waals surface area contributed by atoms with Gasteiger partial charge in [0.2, 0.25) is 17.0 Å². The number of carbonyl (C=O) groups excluding carboxylic acids is 1. The Morgan fingerprint density at radius 1 is 0.912 bits per heavy atom. The number of hydrogen-bond acceptors (Lipinski definition) is 4. The monoisotopic (exact) mass is 504 g/mol. The maximum Gasteiger partial charge on any atom is 0.424 e. The molecule has 1 N–H and O–H groups in total. The quantitative estimate of drug-likeness (QED) is 0.277. The topological polar surface area (TPSA) is 55.8 Å². The molecular weight excluding hydrogens is 473 g/mol. The van der Waals surface area contributed by atoms with Gasteiger partial charge in [-0.1, -0.05) is 45.1 Å². The summed E-state index contributed by atoms with van der Waals surface area (Å²) in [7, 11) is 0. The fourth-order valence-electron chi connectivity index (χ4n) is 6.04. The molecule has 11 heteroatoms. The van der Waals surface area contributed by atoms with Gasteiger partial charge in [-0.25, -0.2) is 4.79 Å². The molecule has 3 fully saturated rings. The van der Waals surface area contributed by atoms with E-state index in [4.69, 9.17) is 4.74 Å². The van der Waals surface area contributed by atoms with Crippen molar-refractivity contribution in [3.05, 3.63) is 12.2 Å². The van der Waals surface area contributed by atoms with Gasteiger partial charge in [0.05, 0.1) is 0 Å². The van der Waals surface area contributed by atoms with Gasteiger partial charge in [-0.05, 0) is 39.5 Å². The zero-order chi connectivity index (χ0) is 25.8. The Labute approximate surface area is 193 Å². The summed E-state index contributed by atoms with van der Waals surface area (Å²) in [5.74, 6) is -20.0. The van der Waals surface area contributed by atoms with Crippen LogP contribution in [0.5, 0.6) is 0 Å². The van der Waals surface area contributed by atoms with E-state index in [0.717, 1.165) is 6.92 Å². The minimum atomic E-state index is -5.87. The van der Waals surface area contributed by atoms with Gasteiger partial charge in [0.1, 0.15) is 0 Å². The van der Waals surface area contributed by atoms with Crippen LogP contribution in [0.1, 0.15) is 78.1 Å². The highest BCUT2D eigenvalue weighted by Gasteiger charge is 2.94. The Balaban J connectivity index is 2.39. The third-order valence-corrected chi connectivity index (χ3v) is 7.73. The van der Waals surface area contributed by atoms with Crippen LogP contribution in [-0.4, -0.2) is 46.1 Å². The summed E-state index contributed by atoms with van der Waals surface area (Å²) in [6.45, 7) is 4.47. The highest BCUT2D eigenvalue weighted by Crippen LogP contribution is 2.69. The van der Waals surface area contributed by atoms with Gasteiger partial charge in [0, 0.05) is 17.4 Å². The molecule has 0 amide bonds. The number of carbonyl (C=O) groups is 1. The molecule has 2 saturated carbocycles. The van der Waals surface area contributed by atoms with Crippen LogP contribution in [0.25, 0.3) is 0 Å². The standard InChI is InChI=1S/C23H31F7O4/c1-14(2)17(31)33-19(15-10-6-4-7-11-15)21(24,25)18(3,32)34-20(22(19,26)27,23(28,29)30)16-12-8-5-9-13-16/h15-16,32H,1,4-13H2,2-3H3. The number of esters is 1. The minimum Gasteiger partial charge on any atom is -0.442 e. The zero-order valence-corrected chi connectivity index (χ0v) is 19.3. The van der Waals surface area contributed by atoms with Crippen molar-refractivity contribution < 1.29 is 50.1 Å². The lowest BCUT2D eigenvalue weighted by Crippen LogP contribution is -2.88. The molecule has 1 aliphatic heterocycles. The lowest BCUT2D eigenvalue weighted by Gasteiger charge is -2.64. The van der Waals surface area contributed by atoms with Gasteiger partial charge in [0.15, 0.2) is 0 Å². The second-order valence-corrected chi connectivity index (χ2v) is 10.0. The molecule has 0 spiro atoms. The van der Waals surface area contributed by atoms with Crippen LogP contribution in [0.2, 0.25) is 0 Å². The largest absolute Gasteiger partial charge is 0.442 e. The molecular formula is C23H31F7O4. The molecule has 0 aromatic rings. The van der Waals surface area contributed by atoms with E-state index in [0.29, 0.717) is 12.8 Å². The summed E-state index contributed by atoms with van der Waals surface area (Å²) < 4.78 is 119. The SMILES string of the molecule is C=C(C)C(=O)OC1(C2CCCCC2)C(F)(F)C(C)(O)OC(C2CCCCC2)(C(F)(F)F)C1(F)F. The van der Waals surface area contributed by atoms with Crippen molar-refractivity contribution in [1.82, 2.24) is 0 Å². The summed E-state index contributed by atoms with van der Waals surface area (Å²) >= 11 is 0. The number of alkyl halides is 7. The first kappa shape index (κ1) is 27.2. The molecule has 3 atom stereocenters. The highest BCUT2D eigenvalue weighted by molar-refractivity contribution is 5.87. The van der Waals surface area contributed by atoms with Crippen molar-refractivity contribution in [3.63, 3.8) is 0 Å². The van der Waals surface area contributed by atoms with Crippen LogP contribution in [0, 0.1) is 11.8 Å². The van der Waals surface area contributed by atoms with Gasteiger partial charge in [-0.2, -0.15) is 30.7 Å². The van der Waals surface area contributed by atoms with E-state index in [1.165, 1.54) is 0 Å². The summed E-state index contributed by atoms with van der Waals surface area (Å²) in [5.41, 5.74) is -9.33. The third kappa shape index (κ3) is 3.59. The first-order chi connectivity index (χ1) is 15.5. The molecule has 0 bridgehead atoms. The summed E-state index contributed by atoms with van der Waals surface area (Å²) in [6.07, 6.45) is -5.62. The normalized spacial score (nSPS) is 37.2. The number of aliphatic hydroxyl groups is 1. The molecule has 0 aromatic heterocycles. The van der Waals surface area contributed by atoms with Gasteiger partial charge < -0.3 is 14.6 Å². The molecule has 0 radical (unpaired) electrons. The molecule has 34 heavy (non-hydrogen) atoms. The van der Waals surface area contributed by atoms with E-state index in [1.54, 1.807) is 0 Å². The van der Waals surface area contributed by atoms with Crippen molar-refractivity contribution in [2.75, 3.05) is 0 Å². The predicted octanol–water partition coefficient (Wildman–Crippen LogP) is 6.32. The fraction of sp³-hybridized carbons (Fsp3) is 0.870. The van der Waals surface area contributed by atoms with E-state index in [1.807, 2.05) is 0 Å². The average molecular weight is 504 g/mol. The lowest BCUT2D eigenvalue weighted by molar-refractivity contribution is -0.532. The van der Waals surface area contributed by atoms with E-state index >= 15 is 17.6 Å². The minimum absolute atomic E-state index is 0.155. The van der Waals surface area contributed by atoms with E-state index in [-0.39, 0.29) is 58.3 Å². The van der Waals surface area contributed by atoms with Crippen LogP contribution < -0.4 is 0 Å². The van der Waals surface area contributed by atoms with E-state index < -0.39 is 58.4 Å². The summed E-state index contributed by atoms with van der Waals surface area (Å²) in [5, 5.41) is 10.7. The first-order valence-corrected chi connectivity index (χ1v) is 11.6. The van der Waals surface area contributed by atoms with Gasteiger partial charge in [0.25, 0.3) is 0 Å². The molecule has 3 unspecified atom stereocenters. The first-order valence-electron chi connectivity index (χ1n) is 11.6. The molecule has 1 saturated heterocycles. The second-order valence-electron chi connectivity index (χ2n) is 10.0. The van der Waals surface area contributed by atoms with Crippen LogP contribution in [0.4, 0.5) is 30.7 Å².